The van der Waals surface area contributed by atoms with Gasteiger partial charge in [-0.2, -0.15) is 0 Å². The molecule has 120 valence electrons. The van der Waals surface area contributed by atoms with Crippen LogP contribution in [0.1, 0.15) is 42.9 Å². The van der Waals surface area contributed by atoms with Gasteiger partial charge >= 0.3 is 0 Å². The first-order valence-corrected chi connectivity index (χ1v) is 10.3. The van der Waals surface area contributed by atoms with E-state index in [1.165, 1.54) is 0 Å². The van der Waals surface area contributed by atoms with Crippen molar-refractivity contribution in [2.75, 3.05) is 0 Å². The van der Waals surface area contributed by atoms with E-state index in [0.29, 0.717) is 15.7 Å². The van der Waals surface area contributed by atoms with Crippen LogP contribution in [0.3, 0.4) is 0 Å². The predicted octanol–water partition coefficient (Wildman–Crippen LogP) is 5.18. The number of aryl methyl sites for hydroxylation is 1. The molecule has 0 aliphatic heterocycles. The molecule has 2 aromatic rings. The van der Waals surface area contributed by atoms with E-state index in [1.807, 2.05) is 30.3 Å². The number of hydrogen-bond acceptors (Lipinski definition) is 2. The van der Waals surface area contributed by atoms with Crippen LogP contribution >= 0.6 is 22.6 Å². The molecule has 4 heteroatoms. The summed E-state index contributed by atoms with van der Waals surface area (Å²) in [5.74, 6) is 0.392. The molecule has 0 bridgehead atoms. The van der Waals surface area contributed by atoms with E-state index in [4.69, 9.17) is 0 Å². The molecule has 0 unspecified atom stereocenters. The molecular weight excluding hydrogens is 419 g/mol. The maximum Gasteiger partial charge on any atom is 0.206 e. The van der Waals surface area contributed by atoms with Gasteiger partial charge in [0.05, 0.1) is 9.80 Å². The van der Waals surface area contributed by atoms with E-state index in [-0.39, 0.29) is 0 Å². The van der Waals surface area contributed by atoms with Gasteiger partial charge in [0.1, 0.15) is 0 Å². The lowest BCUT2D eigenvalue weighted by molar-refractivity contribution is 0.605. The molecule has 0 spiro atoms. The van der Waals surface area contributed by atoms with Crippen LogP contribution in [0.15, 0.2) is 53.4 Å². The number of hydrogen-bond donors (Lipinski definition) is 0. The molecule has 0 radical (unpaired) electrons. The van der Waals surface area contributed by atoms with Crippen molar-refractivity contribution in [3.8, 4) is 0 Å². The third kappa shape index (κ3) is 3.24. The summed E-state index contributed by atoms with van der Waals surface area (Å²) in [6.45, 7) is 4.20. The number of sulfone groups is 1. The van der Waals surface area contributed by atoms with E-state index < -0.39 is 9.84 Å². The van der Waals surface area contributed by atoms with E-state index in [1.54, 1.807) is 12.1 Å². The first-order valence-electron chi connectivity index (χ1n) is 7.73. The third-order valence-corrected chi connectivity index (χ3v) is 6.75. The average Bonchev–Trinajstić information content (AvgIpc) is 2.54. The topological polar surface area (TPSA) is 34.1 Å². The predicted molar refractivity (Wildman–Crippen MR) is 103 cm³/mol. The van der Waals surface area contributed by atoms with Crippen molar-refractivity contribution in [2.45, 2.75) is 37.5 Å². The van der Waals surface area contributed by atoms with Gasteiger partial charge in [-0.15, -0.1) is 0 Å². The Labute approximate surface area is 151 Å². The van der Waals surface area contributed by atoms with Crippen molar-refractivity contribution >= 4 is 37.3 Å². The Hall–Kier alpha value is -1.14. The summed E-state index contributed by atoms with van der Waals surface area (Å²) in [5, 5.41) is 0. The zero-order chi connectivity index (χ0) is 16.6. The van der Waals surface area contributed by atoms with Gasteiger partial charge in [0.25, 0.3) is 0 Å². The summed E-state index contributed by atoms with van der Waals surface area (Å²) in [5.41, 5.74) is 3.12. The fraction of sp³-hybridized carbons (Fsp3) is 0.263. The molecule has 2 aromatic carbocycles. The van der Waals surface area contributed by atoms with Crippen molar-refractivity contribution in [2.24, 2.45) is 0 Å². The Morgan fingerprint density at radius 3 is 2.39 bits per heavy atom. The van der Waals surface area contributed by atoms with Crippen molar-refractivity contribution in [1.29, 1.82) is 0 Å². The molecule has 1 aliphatic carbocycles. The molecular formula is C19H19IO2S. The Balaban J connectivity index is 2.05. The molecule has 0 amide bonds. The lowest BCUT2D eigenvalue weighted by Crippen LogP contribution is -2.10. The quantitative estimate of drug-likeness (QED) is 0.620. The second kappa shape index (κ2) is 6.40. The number of rotatable bonds is 3. The SMILES string of the molecule is CC(C)c1ccc(S(=O)(=O)C2=CCCc3cc(I)ccc32)cc1. The molecule has 0 N–H and O–H groups in total. The number of benzene rings is 2. The van der Waals surface area contributed by atoms with Crippen molar-refractivity contribution in [1.82, 2.24) is 0 Å². The van der Waals surface area contributed by atoms with Gasteiger partial charge in [0, 0.05) is 3.57 Å². The van der Waals surface area contributed by atoms with E-state index in [9.17, 15) is 8.42 Å². The first kappa shape index (κ1) is 16.7. The lowest BCUT2D eigenvalue weighted by Gasteiger charge is -2.18. The lowest BCUT2D eigenvalue weighted by atomic mass is 9.97. The van der Waals surface area contributed by atoms with Crippen LogP contribution in [-0.2, 0) is 16.3 Å². The highest BCUT2D eigenvalue weighted by molar-refractivity contribution is 14.1. The Bertz CT molecular complexity index is 863. The Morgan fingerprint density at radius 2 is 1.74 bits per heavy atom. The Morgan fingerprint density at radius 1 is 1.04 bits per heavy atom. The second-order valence-corrected chi connectivity index (χ2v) is 9.30. The number of fused-ring (bicyclic) bond motifs is 1. The fourth-order valence-corrected chi connectivity index (χ4v) is 5.02. The monoisotopic (exact) mass is 438 g/mol. The molecule has 23 heavy (non-hydrogen) atoms. The summed E-state index contributed by atoms with van der Waals surface area (Å²) >= 11 is 2.27. The summed E-state index contributed by atoms with van der Waals surface area (Å²) < 4.78 is 27.2. The van der Waals surface area contributed by atoms with Crippen LogP contribution in [0.5, 0.6) is 0 Å². The molecule has 2 nitrogen and oxygen atoms in total. The number of allylic oxidation sites excluding steroid dienone is 1. The molecule has 0 aromatic heterocycles. The highest BCUT2D eigenvalue weighted by atomic mass is 127. The standard InChI is InChI=1S/C19H19IO2S/c1-13(2)14-6-9-17(10-7-14)23(21,22)19-5-3-4-15-12-16(20)8-11-18(15)19/h5-13H,3-4H2,1-2H3. The van der Waals surface area contributed by atoms with Crippen molar-refractivity contribution in [3.63, 3.8) is 0 Å². The molecule has 0 saturated carbocycles. The minimum atomic E-state index is -3.47. The summed E-state index contributed by atoms with van der Waals surface area (Å²) in [4.78, 5) is 0.826. The first-order chi connectivity index (χ1) is 10.9. The highest BCUT2D eigenvalue weighted by Crippen LogP contribution is 2.35. The van der Waals surface area contributed by atoms with Gasteiger partial charge in [-0.05, 0) is 82.3 Å². The third-order valence-electron chi connectivity index (χ3n) is 4.22. The minimum Gasteiger partial charge on any atom is -0.219 e. The van der Waals surface area contributed by atoms with E-state index in [0.717, 1.165) is 33.1 Å². The zero-order valence-electron chi connectivity index (χ0n) is 13.2. The molecule has 3 rings (SSSR count). The molecule has 0 heterocycles. The van der Waals surface area contributed by atoms with E-state index >= 15 is 0 Å². The fourth-order valence-electron chi connectivity index (χ4n) is 2.89. The van der Waals surface area contributed by atoms with Gasteiger partial charge in [-0.3, -0.25) is 0 Å². The van der Waals surface area contributed by atoms with Crippen LogP contribution in [0, 0.1) is 3.57 Å². The van der Waals surface area contributed by atoms with Gasteiger partial charge in [0.15, 0.2) is 0 Å². The van der Waals surface area contributed by atoms with Crippen LogP contribution in [0.2, 0.25) is 0 Å². The summed E-state index contributed by atoms with van der Waals surface area (Å²) in [7, 11) is -3.47. The van der Waals surface area contributed by atoms with Crippen LogP contribution < -0.4 is 0 Å². The summed E-state index contributed by atoms with van der Waals surface area (Å²) in [6.07, 6.45) is 3.53. The average molecular weight is 438 g/mol. The van der Waals surface area contributed by atoms with Gasteiger partial charge < -0.3 is 0 Å². The van der Waals surface area contributed by atoms with Crippen LogP contribution in [0.4, 0.5) is 0 Å². The molecule has 0 atom stereocenters. The largest absolute Gasteiger partial charge is 0.219 e. The van der Waals surface area contributed by atoms with Crippen molar-refractivity contribution < 1.29 is 8.42 Å². The molecule has 1 aliphatic rings. The highest BCUT2D eigenvalue weighted by Gasteiger charge is 2.26. The van der Waals surface area contributed by atoms with Crippen LogP contribution in [-0.4, -0.2) is 8.42 Å². The smallest absolute Gasteiger partial charge is 0.206 e. The van der Waals surface area contributed by atoms with Gasteiger partial charge in [-0.25, -0.2) is 8.42 Å². The Kier molecular flexibility index (Phi) is 4.65. The minimum absolute atomic E-state index is 0.375. The van der Waals surface area contributed by atoms with Crippen LogP contribution in [0.25, 0.3) is 4.91 Å². The maximum atomic E-state index is 13.0. The van der Waals surface area contributed by atoms with Gasteiger partial charge in [-0.1, -0.05) is 38.1 Å². The van der Waals surface area contributed by atoms with Crippen molar-refractivity contribution in [3.05, 3.63) is 68.8 Å². The van der Waals surface area contributed by atoms with Gasteiger partial charge in [0.2, 0.25) is 9.84 Å². The zero-order valence-corrected chi connectivity index (χ0v) is 16.2. The second-order valence-electron chi connectivity index (χ2n) is 6.14. The van der Waals surface area contributed by atoms with E-state index in [2.05, 4.69) is 42.5 Å². The number of halogens is 1. The molecule has 0 saturated heterocycles. The normalized spacial score (nSPS) is 14.5. The maximum absolute atomic E-state index is 13.0. The molecule has 0 fully saturated rings. The summed E-state index contributed by atoms with van der Waals surface area (Å²) in [6, 6.07) is 13.3.